The van der Waals surface area contributed by atoms with Crippen LogP contribution < -0.4 is 0 Å². The number of rotatable bonds is 3. The first-order chi connectivity index (χ1) is 8.64. The number of piperidine rings is 1. The lowest BCUT2D eigenvalue weighted by Gasteiger charge is -2.38. The summed E-state index contributed by atoms with van der Waals surface area (Å²) in [5.41, 5.74) is 0.374. The minimum Gasteiger partial charge on any atom is -0.285 e. The van der Waals surface area contributed by atoms with Crippen molar-refractivity contribution in [1.82, 2.24) is 4.90 Å². The number of nitrogens with zero attached hydrogens (tertiary/aromatic N) is 2. The van der Waals surface area contributed by atoms with E-state index in [0.29, 0.717) is 6.42 Å². The van der Waals surface area contributed by atoms with E-state index in [1.165, 1.54) is 18.6 Å². The first kappa shape index (κ1) is 13.0. The Kier molecular flexibility index (Phi) is 3.98. The van der Waals surface area contributed by atoms with Crippen molar-refractivity contribution in [2.45, 2.75) is 38.1 Å². The fourth-order valence-corrected chi connectivity index (χ4v) is 2.65. The highest BCUT2D eigenvalue weighted by atomic mass is 19.1. The van der Waals surface area contributed by atoms with Crippen molar-refractivity contribution in [3.8, 4) is 6.07 Å². The van der Waals surface area contributed by atoms with Gasteiger partial charge in [-0.1, -0.05) is 18.6 Å². The summed E-state index contributed by atoms with van der Waals surface area (Å²) in [6.07, 6.45) is 4.14. The van der Waals surface area contributed by atoms with E-state index in [0.717, 1.165) is 31.5 Å². The Balaban J connectivity index is 2.15. The van der Waals surface area contributed by atoms with Gasteiger partial charge in [0.15, 0.2) is 0 Å². The fourth-order valence-electron chi connectivity index (χ4n) is 2.65. The van der Waals surface area contributed by atoms with Crippen LogP contribution in [0.3, 0.4) is 0 Å². The van der Waals surface area contributed by atoms with Crippen LogP contribution in [0.1, 0.15) is 31.7 Å². The van der Waals surface area contributed by atoms with Gasteiger partial charge in [0, 0.05) is 6.42 Å². The molecule has 18 heavy (non-hydrogen) atoms. The third kappa shape index (κ3) is 2.88. The molecule has 96 valence electrons. The molecule has 1 aromatic carbocycles. The zero-order valence-corrected chi connectivity index (χ0v) is 10.8. The van der Waals surface area contributed by atoms with E-state index in [1.807, 2.05) is 13.0 Å². The van der Waals surface area contributed by atoms with Gasteiger partial charge >= 0.3 is 0 Å². The second-order valence-electron chi connectivity index (χ2n) is 5.24. The largest absolute Gasteiger partial charge is 0.285 e. The summed E-state index contributed by atoms with van der Waals surface area (Å²) < 4.78 is 13.2. The second-order valence-corrected chi connectivity index (χ2v) is 5.24. The average molecular weight is 246 g/mol. The molecule has 3 heteroatoms. The predicted octanol–water partition coefficient (Wildman–Crippen LogP) is 3.14. The maximum atomic E-state index is 13.2. The van der Waals surface area contributed by atoms with E-state index in [4.69, 9.17) is 0 Å². The van der Waals surface area contributed by atoms with Crippen LogP contribution in [-0.2, 0) is 6.42 Å². The Hall–Kier alpha value is -1.40. The zero-order valence-electron chi connectivity index (χ0n) is 10.8. The van der Waals surface area contributed by atoms with E-state index < -0.39 is 5.54 Å². The Bertz CT molecular complexity index is 446. The Morgan fingerprint density at radius 3 is 2.67 bits per heavy atom. The molecule has 1 aliphatic rings. The molecule has 1 fully saturated rings. The van der Waals surface area contributed by atoms with E-state index in [1.54, 1.807) is 6.07 Å². The molecule has 1 aromatic rings. The molecule has 0 aliphatic carbocycles. The normalized spacial score (nSPS) is 20.1. The molecule has 1 unspecified atom stereocenters. The van der Waals surface area contributed by atoms with Crippen LogP contribution in [-0.4, -0.2) is 23.5 Å². The highest BCUT2D eigenvalue weighted by molar-refractivity contribution is 5.22. The molecule has 1 saturated heterocycles. The molecule has 0 N–H and O–H groups in total. The van der Waals surface area contributed by atoms with Gasteiger partial charge < -0.3 is 0 Å². The fraction of sp³-hybridized carbons (Fsp3) is 0.533. The number of hydrogen-bond donors (Lipinski definition) is 0. The number of benzene rings is 1. The lowest BCUT2D eigenvalue weighted by molar-refractivity contribution is 0.124. The number of halogens is 1. The van der Waals surface area contributed by atoms with Gasteiger partial charge in [-0.15, -0.1) is 0 Å². The maximum absolute atomic E-state index is 13.2. The monoisotopic (exact) mass is 246 g/mol. The van der Waals surface area contributed by atoms with Crippen molar-refractivity contribution in [1.29, 1.82) is 5.26 Å². The van der Waals surface area contributed by atoms with Gasteiger partial charge in [-0.25, -0.2) is 4.39 Å². The molecular weight excluding hydrogens is 227 g/mol. The predicted molar refractivity (Wildman–Crippen MR) is 69.5 cm³/mol. The molecule has 0 bridgehead atoms. The van der Waals surface area contributed by atoms with E-state index in [9.17, 15) is 9.65 Å². The van der Waals surface area contributed by atoms with Crippen LogP contribution in [0.25, 0.3) is 0 Å². The molecule has 2 nitrogen and oxygen atoms in total. The molecule has 0 amide bonds. The van der Waals surface area contributed by atoms with Crippen LogP contribution in [0.5, 0.6) is 0 Å². The lowest BCUT2D eigenvalue weighted by Crippen LogP contribution is -2.49. The van der Waals surface area contributed by atoms with E-state index >= 15 is 0 Å². The van der Waals surface area contributed by atoms with Gasteiger partial charge in [0.05, 0.1) is 6.07 Å². The summed E-state index contributed by atoms with van der Waals surface area (Å²) in [6, 6.07) is 8.98. The van der Waals surface area contributed by atoms with Crippen LogP contribution in [0.2, 0.25) is 0 Å². The van der Waals surface area contributed by atoms with Crippen LogP contribution in [0.4, 0.5) is 4.39 Å². The summed E-state index contributed by atoms with van der Waals surface area (Å²) in [7, 11) is 0. The van der Waals surface area contributed by atoms with Gasteiger partial charge in [-0.05, 0) is 50.6 Å². The zero-order chi connectivity index (χ0) is 13.0. The van der Waals surface area contributed by atoms with Crippen LogP contribution in [0.15, 0.2) is 24.3 Å². The van der Waals surface area contributed by atoms with Crippen molar-refractivity contribution in [3.63, 3.8) is 0 Å². The molecule has 2 rings (SSSR count). The molecule has 0 spiro atoms. The third-order valence-corrected chi connectivity index (χ3v) is 3.73. The van der Waals surface area contributed by atoms with Crippen molar-refractivity contribution >= 4 is 0 Å². The molecule has 0 saturated carbocycles. The lowest BCUT2D eigenvalue weighted by atomic mass is 9.90. The molecular formula is C15H19FN2. The average Bonchev–Trinajstić information content (AvgIpc) is 2.39. The van der Waals surface area contributed by atoms with Gasteiger partial charge in [-0.2, -0.15) is 5.26 Å². The van der Waals surface area contributed by atoms with Crippen LogP contribution >= 0.6 is 0 Å². The quantitative estimate of drug-likeness (QED) is 0.819. The summed E-state index contributed by atoms with van der Waals surface area (Å²) in [5, 5.41) is 9.48. The highest BCUT2D eigenvalue weighted by Crippen LogP contribution is 2.24. The molecule has 0 aromatic heterocycles. The van der Waals surface area contributed by atoms with Gasteiger partial charge in [-0.3, -0.25) is 4.90 Å². The standard InChI is InChI=1S/C15H19FN2/c1-15(12-17,18-8-3-2-4-9-18)11-13-6-5-7-14(16)10-13/h5-7,10H,2-4,8-9,11H2,1H3. The number of nitriles is 1. The molecule has 0 radical (unpaired) electrons. The summed E-state index contributed by atoms with van der Waals surface area (Å²) in [4.78, 5) is 2.24. The topological polar surface area (TPSA) is 27.0 Å². The minimum absolute atomic E-state index is 0.230. The first-order valence-corrected chi connectivity index (χ1v) is 6.55. The Morgan fingerprint density at radius 2 is 2.06 bits per heavy atom. The van der Waals surface area contributed by atoms with E-state index in [2.05, 4.69) is 11.0 Å². The highest BCUT2D eigenvalue weighted by Gasteiger charge is 2.32. The summed E-state index contributed by atoms with van der Waals surface area (Å²) in [6.45, 7) is 3.90. The van der Waals surface area contributed by atoms with Crippen molar-refractivity contribution in [2.24, 2.45) is 0 Å². The van der Waals surface area contributed by atoms with Gasteiger partial charge in [0.2, 0.25) is 0 Å². The number of likely N-dealkylation sites (tertiary alicyclic amines) is 1. The Labute approximate surface area is 108 Å². The molecule has 1 aliphatic heterocycles. The summed E-state index contributed by atoms with van der Waals surface area (Å²) in [5.74, 6) is -0.230. The molecule has 1 heterocycles. The second kappa shape index (κ2) is 5.49. The van der Waals surface area contributed by atoms with Gasteiger partial charge in [0.1, 0.15) is 11.4 Å². The summed E-state index contributed by atoms with van der Waals surface area (Å²) >= 11 is 0. The SMILES string of the molecule is CC(C#N)(Cc1cccc(F)c1)N1CCCCC1. The van der Waals surface area contributed by atoms with Crippen molar-refractivity contribution in [3.05, 3.63) is 35.6 Å². The smallest absolute Gasteiger partial charge is 0.123 e. The Morgan fingerprint density at radius 1 is 1.33 bits per heavy atom. The first-order valence-electron chi connectivity index (χ1n) is 6.55. The molecule has 1 atom stereocenters. The maximum Gasteiger partial charge on any atom is 0.123 e. The third-order valence-electron chi connectivity index (χ3n) is 3.73. The van der Waals surface area contributed by atoms with Crippen LogP contribution in [0, 0.1) is 17.1 Å². The van der Waals surface area contributed by atoms with E-state index in [-0.39, 0.29) is 5.82 Å². The van der Waals surface area contributed by atoms with Crippen molar-refractivity contribution in [2.75, 3.05) is 13.1 Å². The minimum atomic E-state index is -0.520. The van der Waals surface area contributed by atoms with Crippen molar-refractivity contribution < 1.29 is 4.39 Å². The number of hydrogen-bond acceptors (Lipinski definition) is 2. The van der Waals surface area contributed by atoms with Gasteiger partial charge in [0.25, 0.3) is 0 Å².